The van der Waals surface area contributed by atoms with Crippen molar-refractivity contribution in [1.82, 2.24) is 5.32 Å². The number of benzene rings is 3. The van der Waals surface area contributed by atoms with Gasteiger partial charge in [-0.05, 0) is 93.6 Å². The molecule has 0 saturated carbocycles. The molecule has 1 N–H and O–H groups in total. The lowest BCUT2D eigenvalue weighted by molar-refractivity contribution is -0.120. The molecule has 6 heteroatoms. The first-order valence-electron chi connectivity index (χ1n) is 11.0. The Morgan fingerprint density at radius 1 is 0.848 bits per heavy atom. The fourth-order valence-electron chi connectivity index (χ4n) is 3.88. The second kappa shape index (κ2) is 9.79. The van der Waals surface area contributed by atoms with Crippen LogP contribution in [-0.2, 0) is 14.8 Å². The first kappa shape index (κ1) is 24.5. The Morgan fingerprint density at radius 3 is 2.12 bits per heavy atom. The van der Waals surface area contributed by atoms with E-state index < -0.39 is 10.0 Å². The third kappa shape index (κ3) is 5.63. The van der Waals surface area contributed by atoms with Crippen LogP contribution in [0.4, 0.5) is 5.69 Å². The van der Waals surface area contributed by atoms with Gasteiger partial charge in [0.05, 0.1) is 16.6 Å². The third-order valence-corrected chi connectivity index (χ3v) is 7.70. The molecule has 3 aromatic rings. The van der Waals surface area contributed by atoms with Gasteiger partial charge in [-0.2, -0.15) is 0 Å². The van der Waals surface area contributed by atoms with E-state index in [-0.39, 0.29) is 23.4 Å². The fraction of sp³-hybridized carbons (Fsp3) is 0.296. The molecule has 1 amide bonds. The predicted octanol–water partition coefficient (Wildman–Crippen LogP) is 5.30. The zero-order valence-electron chi connectivity index (χ0n) is 20.1. The molecule has 33 heavy (non-hydrogen) atoms. The topological polar surface area (TPSA) is 66.5 Å². The van der Waals surface area contributed by atoms with E-state index in [4.69, 9.17) is 0 Å². The molecule has 1 atom stereocenters. The Balaban J connectivity index is 1.91. The molecule has 0 aliphatic heterocycles. The molecular weight excluding hydrogens is 432 g/mol. The monoisotopic (exact) mass is 464 g/mol. The van der Waals surface area contributed by atoms with E-state index in [1.165, 1.54) is 9.87 Å². The fourth-order valence-corrected chi connectivity index (χ4v) is 5.29. The summed E-state index contributed by atoms with van der Waals surface area (Å²) in [6, 6.07) is 17.8. The minimum atomic E-state index is -3.93. The number of hydrogen-bond acceptors (Lipinski definition) is 3. The van der Waals surface area contributed by atoms with Crippen molar-refractivity contribution < 1.29 is 13.2 Å². The number of anilines is 1. The number of sulfonamides is 1. The van der Waals surface area contributed by atoms with E-state index in [1.54, 1.807) is 42.5 Å². The van der Waals surface area contributed by atoms with Gasteiger partial charge in [-0.25, -0.2) is 8.42 Å². The molecule has 0 unspecified atom stereocenters. The molecule has 0 aromatic heterocycles. The first-order valence-corrected chi connectivity index (χ1v) is 12.5. The van der Waals surface area contributed by atoms with Crippen molar-refractivity contribution in [3.8, 4) is 0 Å². The number of carbonyl (C=O) groups excluding carboxylic acids is 1. The average molecular weight is 465 g/mol. The Labute approximate surface area is 197 Å². The Hall–Kier alpha value is -3.12. The lowest BCUT2D eigenvalue weighted by Crippen LogP contribution is -2.41. The summed E-state index contributed by atoms with van der Waals surface area (Å²) in [6.07, 6.45) is 0. The van der Waals surface area contributed by atoms with Crippen molar-refractivity contribution in [1.29, 1.82) is 0 Å². The van der Waals surface area contributed by atoms with Crippen LogP contribution in [0, 0.1) is 34.6 Å². The van der Waals surface area contributed by atoms with Crippen LogP contribution in [0.1, 0.15) is 46.3 Å². The van der Waals surface area contributed by atoms with Gasteiger partial charge < -0.3 is 5.32 Å². The summed E-state index contributed by atoms with van der Waals surface area (Å²) < 4.78 is 28.2. The molecule has 0 heterocycles. The summed E-state index contributed by atoms with van der Waals surface area (Å²) in [5.41, 5.74) is 6.80. The molecule has 174 valence electrons. The van der Waals surface area contributed by atoms with Gasteiger partial charge in [0.2, 0.25) is 5.91 Å². The van der Waals surface area contributed by atoms with E-state index in [0.29, 0.717) is 5.69 Å². The molecule has 0 aliphatic rings. The van der Waals surface area contributed by atoms with Crippen LogP contribution in [0.5, 0.6) is 0 Å². The minimum Gasteiger partial charge on any atom is -0.348 e. The maximum Gasteiger partial charge on any atom is 0.264 e. The highest BCUT2D eigenvalue weighted by Gasteiger charge is 2.28. The lowest BCUT2D eigenvalue weighted by atomic mass is 9.96. The Morgan fingerprint density at radius 2 is 1.48 bits per heavy atom. The SMILES string of the molecule is Cc1ccc(S(=O)(=O)N(CC(=O)N[C@@H](C)c2cc(C)c(C)cc2C)c2cccc(C)c2)cc1. The zero-order valence-corrected chi connectivity index (χ0v) is 21.0. The van der Waals surface area contributed by atoms with Gasteiger partial charge in [-0.3, -0.25) is 9.10 Å². The van der Waals surface area contributed by atoms with E-state index >= 15 is 0 Å². The number of hydrogen-bond donors (Lipinski definition) is 1. The minimum absolute atomic E-state index is 0.153. The van der Waals surface area contributed by atoms with Crippen molar-refractivity contribution in [2.75, 3.05) is 10.8 Å². The van der Waals surface area contributed by atoms with Gasteiger partial charge in [0, 0.05) is 0 Å². The van der Waals surface area contributed by atoms with E-state index in [2.05, 4.69) is 24.4 Å². The normalized spacial score (nSPS) is 12.3. The van der Waals surface area contributed by atoms with Gasteiger partial charge in [0.25, 0.3) is 10.0 Å². The third-order valence-electron chi connectivity index (χ3n) is 5.91. The van der Waals surface area contributed by atoms with Crippen LogP contribution in [0.15, 0.2) is 65.6 Å². The van der Waals surface area contributed by atoms with Gasteiger partial charge in [0.1, 0.15) is 6.54 Å². The molecule has 0 bridgehead atoms. The van der Waals surface area contributed by atoms with E-state index in [0.717, 1.165) is 27.8 Å². The number of aryl methyl sites for hydroxylation is 5. The summed E-state index contributed by atoms with van der Waals surface area (Å²) in [7, 11) is -3.93. The molecule has 5 nitrogen and oxygen atoms in total. The van der Waals surface area contributed by atoms with E-state index in [9.17, 15) is 13.2 Å². The summed E-state index contributed by atoms with van der Waals surface area (Å²) in [6.45, 7) is 11.5. The highest BCUT2D eigenvalue weighted by Crippen LogP contribution is 2.26. The van der Waals surface area contributed by atoms with Crippen LogP contribution in [0.25, 0.3) is 0 Å². The molecule has 0 saturated heterocycles. The Bertz CT molecular complexity index is 1270. The summed E-state index contributed by atoms with van der Waals surface area (Å²) >= 11 is 0. The molecule has 3 rings (SSSR count). The largest absolute Gasteiger partial charge is 0.348 e. The molecular formula is C27H32N2O3S. The zero-order chi connectivity index (χ0) is 24.3. The second-order valence-electron chi connectivity index (χ2n) is 8.75. The summed E-state index contributed by atoms with van der Waals surface area (Å²) in [5, 5.41) is 2.99. The summed E-state index contributed by atoms with van der Waals surface area (Å²) in [4.78, 5) is 13.2. The lowest BCUT2D eigenvalue weighted by Gasteiger charge is -2.26. The number of nitrogens with zero attached hydrogens (tertiary/aromatic N) is 1. The highest BCUT2D eigenvalue weighted by atomic mass is 32.2. The smallest absolute Gasteiger partial charge is 0.264 e. The standard InChI is InChI=1S/C27H32N2O3S/c1-18-10-12-25(13-11-18)33(31,32)29(24-9-7-8-19(2)14-24)17-27(30)28-23(6)26-16-21(4)20(3)15-22(26)5/h7-16,23H,17H2,1-6H3,(H,28,30)/t23-/m0/s1. The average Bonchev–Trinajstić information content (AvgIpc) is 2.74. The Kier molecular flexibility index (Phi) is 7.28. The van der Waals surface area contributed by atoms with Gasteiger partial charge in [0.15, 0.2) is 0 Å². The molecule has 0 spiro atoms. The van der Waals surface area contributed by atoms with Crippen molar-refractivity contribution in [3.05, 3.63) is 94.0 Å². The van der Waals surface area contributed by atoms with Crippen LogP contribution < -0.4 is 9.62 Å². The van der Waals surface area contributed by atoms with E-state index in [1.807, 2.05) is 40.7 Å². The number of nitrogens with one attached hydrogen (secondary N) is 1. The maximum atomic E-state index is 13.5. The van der Waals surface area contributed by atoms with Crippen molar-refractivity contribution >= 4 is 21.6 Å². The molecule has 0 fully saturated rings. The number of rotatable bonds is 7. The maximum absolute atomic E-state index is 13.5. The van der Waals surface area contributed by atoms with Crippen LogP contribution >= 0.6 is 0 Å². The van der Waals surface area contributed by atoms with Crippen molar-refractivity contribution in [3.63, 3.8) is 0 Å². The van der Waals surface area contributed by atoms with Crippen LogP contribution in [0.3, 0.4) is 0 Å². The predicted molar refractivity (Wildman–Crippen MR) is 134 cm³/mol. The molecule has 0 aliphatic carbocycles. The number of carbonyl (C=O) groups is 1. The second-order valence-corrected chi connectivity index (χ2v) is 10.6. The van der Waals surface area contributed by atoms with Crippen LogP contribution in [-0.4, -0.2) is 20.9 Å². The van der Waals surface area contributed by atoms with Gasteiger partial charge in [-0.1, -0.05) is 42.0 Å². The van der Waals surface area contributed by atoms with Crippen molar-refractivity contribution in [2.24, 2.45) is 0 Å². The summed E-state index contributed by atoms with van der Waals surface area (Å²) in [5.74, 6) is -0.364. The quantitative estimate of drug-likeness (QED) is 0.516. The molecule has 0 radical (unpaired) electrons. The first-order chi connectivity index (χ1) is 15.5. The van der Waals surface area contributed by atoms with Crippen LogP contribution in [0.2, 0.25) is 0 Å². The number of amides is 1. The van der Waals surface area contributed by atoms with Crippen molar-refractivity contribution in [2.45, 2.75) is 52.5 Å². The highest BCUT2D eigenvalue weighted by molar-refractivity contribution is 7.92. The van der Waals surface area contributed by atoms with Gasteiger partial charge in [-0.15, -0.1) is 0 Å². The molecule has 3 aromatic carbocycles. The van der Waals surface area contributed by atoms with Gasteiger partial charge >= 0.3 is 0 Å².